The zero-order valence-corrected chi connectivity index (χ0v) is 11.7. The summed E-state index contributed by atoms with van der Waals surface area (Å²) in [4.78, 5) is -0.270. The van der Waals surface area contributed by atoms with E-state index in [2.05, 4.69) is 5.32 Å². The number of ether oxygens (including phenoxy) is 1. The first-order chi connectivity index (χ1) is 9.21. The first kappa shape index (κ1) is 15.1. The molecular formula is C13H15F3N2OS. The maximum absolute atomic E-state index is 12.9. The van der Waals surface area contributed by atoms with Crippen LogP contribution < -0.4 is 11.1 Å². The number of thiocarbonyl (C=S) groups is 1. The van der Waals surface area contributed by atoms with Gasteiger partial charge in [-0.2, -0.15) is 13.2 Å². The summed E-state index contributed by atoms with van der Waals surface area (Å²) in [5, 5.41) is 3.18. The molecule has 1 aromatic carbocycles. The van der Waals surface area contributed by atoms with Gasteiger partial charge in [-0.25, -0.2) is 0 Å². The molecule has 1 saturated heterocycles. The van der Waals surface area contributed by atoms with E-state index in [0.29, 0.717) is 18.9 Å². The second kappa shape index (κ2) is 5.21. The average molecular weight is 304 g/mol. The molecule has 1 aliphatic rings. The molecule has 3 nitrogen and oxygen atoms in total. The predicted octanol–water partition coefficient (Wildman–Crippen LogP) is 2.93. The van der Waals surface area contributed by atoms with E-state index in [1.54, 1.807) is 0 Å². The molecule has 1 aliphatic heterocycles. The average Bonchev–Trinajstić information content (AvgIpc) is 2.74. The van der Waals surface area contributed by atoms with Crippen LogP contribution in [-0.4, -0.2) is 23.7 Å². The number of hydrogen-bond donors (Lipinski definition) is 2. The lowest BCUT2D eigenvalue weighted by atomic mass is 10.00. The number of alkyl halides is 3. The van der Waals surface area contributed by atoms with Gasteiger partial charge < -0.3 is 15.8 Å². The highest BCUT2D eigenvalue weighted by atomic mass is 32.1. The standard InChI is InChI=1S/C13H15F3N2OS/c1-12(4-5-19-7-12)18-8-2-3-10(13(14,15)16)9(6-8)11(17)20/h2-3,6,18H,4-5,7H2,1H3,(H2,17,20). The largest absolute Gasteiger partial charge is 0.417 e. The SMILES string of the molecule is CC1(Nc2ccc(C(F)(F)F)c(C(N)=S)c2)CCOC1. The normalized spacial score (nSPS) is 22.8. The van der Waals surface area contributed by atoms with Crippen molar-refractivity contribution in [3.8, 4) is 0 Å². The number of nitrogens with one attached hydrogen (secondary N) is 1. The highest BCUT2D eigenvalue weighted by Crippen LogP contribution is 2.34. The van der Waals surface area contributed by atoms with E-state index in [-0.39, 0.29) is 16.1 Å². The lowest BCUT2D eigenvalue weighted by Gasteiger charge is -2.25. The minimum Gasteiger partial charge on any atom is -0.389 e. The van der Waals surface area contributed by atoms with E-state index in [1.807, 2.05) is 6.92 Å². The minimum absolute atomic E-state index is 0.167. The van der Waals surface area contributed by atoms with Gasteiger partial charge in [0, 0.05) is 17.9 Å². The number of halogens is 3. The smallest absolute Gasteiger partial charge is 0.389 e. The number of nitrogens with two attached hydrogens (primary N) is 1. The molecule has 0 bridgehead atoms. The molecule has 0 amide bonds. The Labute approximate surface area is 120 Å². The Kier molecular flexibility index (Phi) is 3.93. The summed E-state index contributed by atoms with van der Waals surface area (Å²) < 4.78 is 43.9. The first-order valence-corrected chi connectivity index (χ1v) is 6.49. The molecule has 110 valence electrons. The van der Waals surface area contributed by atoms with Crippen LogP contribution >= 0.6 is 12.2 Å². The number of hydrogen-bond acceptors (Lipinski definition) is 3. The molecule has 20 heavy (non-hydrogen) atoms. The summed E-state index contributed by atoms with van der Waals surface area (Å²) >= 11 is 4.71. The molecule has 1 atom stereocenters. The van der Waals surface area contributed by atoms with Gasteiger partial charge in [0.1, 0.15) is 4.99 Å². The molecule has 0 aliphatic carbocycles. The molecule has 3 N–H and O–H groups in total. The molecule has 2 rings (SSSR count). The van der Waals surface area contributed by atoms with E-state index < -0.39 is 11.7 Å². The van der Waals surface area contributed by atoms with Gasteiger partial charge in [-0.05, 0) is 31.5 Å². The monoisotopic (exact) mass is 304 g/mol. The summed E-state index contributed by atoms with van der Waals surface area (Å²) in [5.74, 6) is 0. The Bertz CT molecular complexity index is 525. The van der Waals surface area contributed by atoms with Crippen LogP contribution in [-0.2, 0) is 10.9 Å². The summed E-state index contributed by atoms with van der Waals surface area (Å²) in [6.45, 7) is 3.10. The lowest BCUT2D eigenvalue weighted by Crippen LogP contribution is -2.35. The van der Waals surface area contributed by atoms with Gasteiger partial charge in [0.05, 0.1) is 17.7 Å². The van der Waals surface area contributed by atoms with E-state index >= 15 is 0 Å². The van der Waals surface area contributed by atoms with Crippen LogP contribution in [0.15, 0.2) is 18.2 Å². The van der Waals surface area contributed by atoms with Crippen LogP contribution in [0.2, 0.25) is 0 Å². The van der Waals surface area contributed by atoms with Crippen molar-refractivity contribution in [3.05, 3.63) is 29.3 Å². The van der Waals surface area contributed by atoms with Crippen molar-refractivity contribution in [2.45, 2.75) is 25.1 Å². The Morgan fingerprint density at radius 3 is 2.65 bits per heavy atom. The molecule has 0 spiro atoms. The van der Waals surface area contributed by atoms with Crippen molar-refractivity contribution in [1.29, 1.82) is 0 Å². The minimum atomic E-state index is -4.47. The van der Waals surface area contributed by atoms with Crippen molar-refractivity contribution >= 4 is 22.9 Å². The lowest BCUT2D eigenvalue weighted by molar-refractivity contribution is -0.137. The van der Waals surface area contributed by atoms with E-state index in [4.69, 9.17) is 22.7 Å². The van der Waals surface area contributed by atoms with Crippen molar-refractivity contribution in [3.63, 3.8) is 0 Å². The molecular weight excluding hydrogens is 289 g/mol. The Morgan fingerprint density at radius 2 is 2.15 bits per heavy atom. The van der Waals surface area contributed by atoms with Gasteiger partial charge in [-0.3, -0.25) is 0 Å². The number of rotatable bonds is 3. The van der Waals surface area contributed by atoms with Crippen LogP contribution in [0.4, 0.5) is 18.9 Å². The van der Waals surface area contributed by atoms with Crippen molar-refractivity contribution < 1.29 is 17.9 Å². The molecule has 7 heteroatoms. The summed E-state index contributed by atoms with van der Waals surface area (Å²) in [5.41, 5.74) is 4.68. The van der Waals surface area contributed by atoms with Gasteiger partial charge >= 0.3 is 6.18 Å². The van der Waals surface area contributed by atoms with Gasteiger partial charge in [-0.1, -0.05) is 12.2 Å². The van der Waals surface area contributed by atoms with Crippen molar-refractivity contribution in [2.24, 2.45) is 5.73 Å². The fourth-order valence-corrected chi connectivity index (χ4v) is 2.36. The number of anilines is 1. The fraction of sp³-hybridized carbons (Fsp3) is 0.462. The zero-order valence-electron chi connectivity index (χ0n) is 10.9. The third-order valence-corrected chi connectivity index (χ3v) is 3.48. The molecule has 1 aromatic rings. The highest BCUT2D eigenvalue weighted by Gasteiger charge is 2.35. The Balaban J connectivity index is 2.33. The van der Waals surface area contributed by atoms with E-state index in [9.17, 15) is 13.2 Å². The third kappa shape index (κ3) is 3.21. The first-order valence-electron chi connectivity index (χ1n) is 6.08. The second-order valence-corrected chi connectivity index (χ2v) is 5.55. The summed E-state index contributed by atoms with van der Waals surface area (Å²) in [7, 11) is 0. The highest BCUT2D eigenvalue weighted by molar-refractivity contribution is 7.80. The molecule has 1 fully saturated rings. The van der Waals surface area contributed by atoms with Crippen LogP contribution in [0.25, 0.3) is 0 Å². The molecule has 0 saturated carbocycles. The van der Waals surface area contributed by atoms with E-state index in [1.165, 1.54) is 12.1 Å². The van der Waals surface area contributed by atoms with Crippen LogP contribution in [0.1, 0.15) is 24.5 Å². The van der Waals surface area contributed by atoms with Gasteiger partial charge in [0.25, 0.3) is 0 Å². The fourth-order valence-electron chi connectivity index (χ4n) is 2.19. The molecule has 1 unspecified atom stereocenters. The van der Waals surface area contributed by atoms with Crippen LogP contribution in [0, 0.1) is 0 Å². The molecule has 0 aromatic heterocycles. The Hall–Kier alpha value is -1.34. The summed E-state index contributed by atoms with van der Waals surface area (Å²) in [6, 6.07) is 3.72. The quantitative estimate of drug-likeness (QED) is 0.843. The second-order valence-electron chi connectivity index (χ2n) is 5.11. The number of benzene rings is 1. The predicted molar refractivity (Wildman–Crippen MR) is 74.8 cm³/mol. The van der Waals surface area contributed by atoms with Crippen molar-refractivity contribution in [1.82, 2.24) is 0 Å². The Morgan fingerprint density at radius 1 is 1.45 bits per heavy atom. The third-order valence-electron chi connectivity index (χ3n) is 3.26. The topological polar surface area (TPSA) is 47.3 Å². The summed E-state index contributed by atoms with van der Waals surface area (Å²) in [6.07, 6.45) is -3.69. The van der Waals surface area contributed by atoms with Gasteiger partial charge in [0.2, 0.25) is 0 Å². The van der Waals surface area contributed by atoms with Gasteiger partial charge in [0.15, 0.2) is 0 Å². The maximum Gasteiger partial charge on any atom is 0.417 e. The molecule has 0 radical (unpaired) electrons. The maximum atomic E-state index is 12.9. The van der Waals surface area contributed by atoms with Gasteiger partial charge in [-0.15, -0.1) is 0 Å². The molecule has 1 heterocycles. The van der Waals surface area contributed by atoms with E-state index in [0.717, 1.165) is 12.5 Å². The van der Waals surface area contributed by atoms with Crippen LogP contribution in [0.3, 0.4) is 0 Å². The van der Waals surface area contributed by atoms with Crippen molar-refractivity contribution in [2.75, 3.05) is 18.5 Å². The zero-order chi connectivity index (χ0) is 15.0. The van der Waals surface area contributed by atoms with Crippen LogP contribution in [0.5, 0.6) is 0 Å².